The summed E-state index contributed by atoms with van der Waals surface area (Å²) in [5, 5.41) is 0. The molecule has 4 aromatic rings. The number of alkyl halides is 3. The third-order valence-corrected chi connectivity index (χ3v) is 6.07. The number of methoxy groups -OCH3 is 1. The maximum atomic E-state index is 13.5. The van der Waals surface area contributed by atoms with Crippen molar-refractivity contribution in [3.63, 3.8) is 0 Å². The number of halogens is 3. The van der Waals surface area contributed by atoms with Crippen LogP contribution in [0.4, 0.5) is 13.2 Å². The van der Waals surface area contributed by atoms with Crippen molar-refractivity contribution >= 4 is 5.78 Å². The highest BCUT2D eigenvalue weighted by molar-refractivity contribution is 6.09. The van der Waals surface area contributed by atoms with Gasteiger partial charge < -0.3 is 14.0 Å². The number of ether oxygens (including phenoxy) is 2. The Bertz CT molecular complexity index is 1500. The van der Waals surface area contributed by atoms with Gasteiger partial charge in [-0.1, -0.05) is 24.3 Å². The summed E-state index contributed by atoms with van der Waals surface area (Å²) in [5.74, 6) is 0.669. The Morgan fingerprint density at radius 1 is 1.11 bits per heavy atom. The number of ketones is 1. The van der Waals surface area contributed by atoms with Crippen molar-refractivity contribution < 1.29 is 27.4 Å². The van der Waals surface area contributed by atoms with E-state index in [0.717, 1.165) is 24.7 Å². The Kier molecular flexibility index (Phi) is 6.55. The highest BCUT2D eigenvalue weighted by Gasteiger charge is 2.35. The van der Waals surface area contributed by atoms with Crippen LogP contribution in [-0.2, 0) is 13.2 Å². The van der Waals surface area contributed by atoms with Crippen molar-refractivity contribution in [2.24, 2.45) is 7.05 Å². The SMILES string of the molecule is CCOc1ncnc(C2CC2)c1-c1ncc(OC)c(C(=O)c2ccc(-c3nc(C(F)(F)F)cn3C)cc2)n1. The van der Waals surface area contributed by atoms with Crippen molar-refractivity contribution in [3.05, 3.63) is 65.6 Å². The fourth-order valence-electron chi connectivity index (χ4n) is 4.09. The Hall–Kier alpha value is -4.35. The van der Waals surface area contributed by atoms with Gasteiger partial charge in [0.2, 0.25) is 11.7 Å². The van der Waals surface area contributed by atoms with Gasteiger partial charge in [-0.05, 0) is 19.8 Å². The van der Waals surface area contributed by atoms with Crippen LogP contribution in [0.2, 0.25) is 0 Å². The molecular weight excluding hydrogens is 501 g/mol. The van der Waals surface area contributed by atoms with Crippen molar-refractivity contribution in [3.8, 4) is 34.4 Å². The molecule has 1 aromatic carbocycles. The van der Waals surface area contributed by atoms with Gasteiger partial charge >= 0.3 is 6.18 Å². The molecule has 0 saturated heterocycles. The molecule has 5 rings (SSSR count). The molecule has 0 radical (unpaired) electrons. The van der Waals surface area contributed by atoms with E-state index in [9.17, 15) is 18.0 Å². The summed E-state index contributed by atoms with van der Waals surface area (Å²) < 4.78 is 51.5. The quantitative estimate of drug-likeness (QED) is 0.301. The van der Waals surface area contributed by atoms with Crippen LogP contribution in [0, 0.1) is 0 Å². The summed E-state index contributed by atoms with van der Waals surface area (Å²) in [5.41, 5.74) is 1.03. The van der Waals surface area contributed by atoms with Gasteiger partial charge in [0.25, 0.3) is 0 Å². The number of imidazole rings is 1. The first-order chi connectivity index (χ1) is 18.2. The van der Waals surface area contributed by atoms with Crippen LogP contribution in [0.15, 0.2) is 43.0 Å². The number of carbonyl (C=O) groups excluding carboxylic acids is 1. The molecule has 0 amide bonds. The number of hydrogen-bond acceptors (Lipinski definition) is 8. The first-order valence-electron chi connectivity index (χ1n) is 11.9. The topological polar surface area (TPSA) is 105 Å². The minimum atomic E-state index is -4.56. The largest absolute Gasteiger partial charge is 0.493 e. The Labute approximate surface area is 215 Å². The van der Waals surface area contributed by atoms with Gasteiger partial charge in [0, 0.05) is 30.3 Å². The number of aromatic nitrogens is 6. The molecule has 1 aliphatic rings. The number of hydrogen-bond donors (Lipinski definition) is 0. The van der Waals surface area contributed by atoms with Crippen LogP contribution in [0.3, 0.4) is 0 Å². The molecule has 1 saturated carbocycles. The zero-order valence-corrected chi connectivity index (χ0v) is 20.8. The molecule has 0 N–H and O–H groups in total. The second-order valence-corrected chi connectivity index (χ2v) is 8.72. The summed E-state index contributed by atoms with van der Waals surface area (Å²) in [6.07, 6.45) is 1.17. The fraction of sp³-hybridized carbons (Fsp3) is 0.308. The summed E-state index contributed by atoms with van der Waals surface area (Å²) in [4.78, 5) is 34.8. The van der Waals surface area contributed by atoms with Crippen LogP contribution in [-0.4, -0.2) is 49.0 Å². The van der Waals surface area contributed by atoms with Gasteiger partial charge in [-0.15, -0.1) is 0 Å². The first kappa shape index (κ1) is 25.3. The number of rotatable bonds is 8. The molecule has 1 fully saturated rings. The number of carbonyl (C=O) groups is 1. The molecule has 0 aliphatic heterocycles. The van der Waals surface area contributed by atoms with Crippen LogP contribution in [0.1, 0.15) is 53.1 Å². The smallest absolute Gasteiger partial charge is 0.434 e. The minimum absolute atomic E-state index is 0.0228. The minimum Gasteiger partial charge on any atom is -0.493 e. The monoisotopic (exact) mass is 524 g/mol. The lowest BCUT2D eigenvalue weighted by atomic mass is 10.0. The summed E-state index contributed by atoms with van der Waals surface area (Å²) in [7, 11) is 2.88. The molecule has 12 heteroatoms. The molecule has 196 valence electrons. The van der Waals surface area contributed by atoms with Gasteiger partial charge in [0.05, 0.1) is 25.6 Å². The van der Waals surface area contributed by atoms with Crippen LogP contribution in [0.5, 0.6) is 11.6 Å². The van der Waals surface area contributed by atoms with E-state index in [1.807, 2.05) is 6.92 Å². The Morgan fingerprint density at radius 2 is 1.84 bits per heavy atom. The van der Waals surface area contributed by atoms with Crippen molar-refractivity contribution in [1.82, 2.24) is 29.5 Å². The van der Waals surface area contributed by atoms with E-state index >= 15 is 0 Å². The van der Waals surface area contributed by atoms with Crippen molar-refractivity contribution in [2.45, 2.75) is 31.9 Å². The lowest BCUT2D eigenvalue weighted by molar-refractivity contribution is -0.140. The lowest BCUT2D eigenvalue weighted by Crippen LogP contribution is -2.10. The number of nitrogens with zero attached hydrogens (tertiary/aromatic N) is 6. The zero-order valence-electron chi connectivity index (χ0n) is 20.8. The predicted octanol–water partition coefficient (Wildman–Crippen LogP) is 4.87. The lowest BCUT2D eigenvalue weighted by Gasteiger charge is -2.13. The summed E-state index contributed by atoms with van der Waals surface area (Å²) in [6, 6.07) is 6.09. The van der Waals surface area contributed by atoms with Gasteiger partial charge in [0.1, 0.15) is 17.7 Å². The standard InChI is InChI=1S/C26H23F3N6O3/c1-4-38-25-19(20(14-5-6-14)31-13-32-25)23-30-11-17(37-3)21(34-23)22(36)15-7-9-16(10-8-15)24-33-18(12-35(24)2)26(27,28)29/h7-14H,4-6H2,1-3H3. The molecule has 0 atom stereocenters. The van der Waals surface area contributed by atoms with Gasteiger partial charge in [-0.2, -0.15) is 13.2 Å². The highest BCUT2D eigenvalue weighted by atomic mass is 19.4. The average molecular weight is 525 g/mol. The molecule has 0 unspecified atom stereocenters. The second kappa shape index (κ2) is 9.84. The zero-order chi connectivity index (χ0) is 27.0. The molecule has 0 spiro atoms. The predicted molar refractivity (Wildman–Crippen MR) is 130 cm³/mol. The van der Waals surface area contributed by atoms with Crippen molar-refractivity contribution in [1.29, 1.82) is 0 Å². The Morgan fingerprint density at radius 3 is 2.45 bits per heavy atom. The van der Waals surface area contributed by atoms with E-state index in [-0.39, 0.29) is 34.6 Å². The maximum Gasteiger partial charge on any atom is 0.434 e. The third kappa shape index (κ3) is 4.81. The summed E-state index contributed by atoms with van der Waals surface area (Å²) in [6.45, 7) is 2.22. The molecule has 0 bridgehead atoms. The fourth-order valence-corrected chi connectivity index (χ4v) is 4.09. The van der Waals surface area contributed by atoms with E-state index in [2.05, 4.69) is 24.9 Å². The Balaban J connectivity index is 1.51. The molecule has 9 nitrogen and oxygen atoms in total. The number of benzene rings is 1. The molecule has 1 aliphatic carbocycles. The molecular formula is C26H23F3N6O3. The van der Waals surface area contributed by atoms with Crippen LogP contribution < -0.4 is 9.47 Å². The highest BCUT2D eigenvalue weighted by Crippen LogP contribution is 2.45. The van der Waals surface area contributed by atoms with Crippen molar-refractivity contribution in [2.75, 3.05) is 13.7 Å². The normalized spacial score (nSPS) is 13.4. The van der Waals surface area contributed by atoms with Gasteiger partial charge in [-0.3, -0.25) is 4.79 Å². The first-order valence-corrected chi connectivity index (χ1v) is 11.9. The third-order valence-electron chi connectivity index (χ3n) is 6.07. The average Bonchev–Trinajstić information content (AvgIpc) is 3.68. The van der Waals surface area contributed by atoms with E-state index in [1.165, 1.54) is 55.5 Å². The molecule has 3 heterocycles. The second-order valence-electron chi connectivity index (χ2n) is 8.72. The van der Waals surface area contributed by atoms with E-state index in [0.29, 0.717) is 23.6 Å². The summed E-state index contributed by atoms with van der Waals surface area (Å²) >= 11 is 0. The van der Waals surface area contributed by atoms with E-state index in [1.54, 1.807) is 0 Å². The van der Waals surface area contributed by atoms with E-state index < -0.39 is 17.7 Å². The van der Waals surface area contributed by atoms with Crippen LogP contribution >= 0.6 is 0 Å². The molecule has 38 heavy (non-hydrogen) atoms. The van der Waals surface area contributed by atoms with Gasteiger partial charge in [-0.25, -0.2) is 24.9 Å². The number of aryl methyl sites for hydroxylation is 1. The molecule has 3 aromatic heterocycles. The van der Waals surface area contributed by atoms with Gasteiger partial charge in [0.15, 0.2) is 23.0 Å². The van der Waals surface area contributed by atoms with Crippen LogP contribution in [0.25, 0.3) is 22.8 Å². The maximum absolute atomic E-state index is 13.5. The van der Waals surface area contributed by atoms with E-state index in [4.69, 9.17) is 9.47 Å².